The first-order chi connectivity index (χ1) is 14.2. The van der Waals surface area contributed by atoms with E-state index in [9.17, 15) is 9.59 Å². The van der Waals surface area contributed by atoms with Crippen LogP contribution in [0.3, 0.4) is 0 Å². The van der Waals surface area contributed by atoms with E-state index in [1.165, 1.54) is 0 Å². The van der Waals surface area contributed by atoms with E-state index in [0.717, 1.165) is 25.2 Å². The molecule has 1 fully saturated rings. The fraction of sp³-hybridized carbons (Fsp3) is 0.381. The van der Waals surface area contributed by atoms with Crippen LogP contribution in [-0.2, 0) is 6.54 Å². The van der Waals surface area contributed by atoms with Crippen molar-refractivity contribution in [3.05, 3.63) is 76.6 Å². The van der Waals surface area contributed by atoms with E-state index in [4.69, 9.17) is 4.42 Å². The van der Waals surface area contributed by atoms with Crippen LogP contribution in [0, 0.1) is 5.92 Å². The summed E-state index contributed by atoms with van der Waals surface area (Å²) in [5, 5.41) is 6.44. The molecule has 0 aliphatic carbocycles. The third-order valence-electron chi connectivity index (χ3n) is 5.95. The Balaban J connectivity index is 1.31. The molecular weight excluding hydrogens is 370 g/mol. The molecule has 5 rings (SSSR count). The van der Waals surface area contributed by atoms with Gasteiger partial charge in [0.1, 0.15) is 5.76 Å². The van der Waals surface area contributed by atoms with Crippen molar-refractivity contribution in [2.24, 2.45) is 5.92 Å². The monoisotopic (exact) mass is 393 g/mol. The van der Waals surface area contributed by atoms with Crippen molar-refractivity contribution in [3.8, 4) is 0 Å². The van der Waals surface area contributed by atoms with Gasteiger partial charge in [-0.05, 0) is 30.5 Å². The van der Waals surface area contributed by atoms with Crippen molar-refractivity contribution >= 4 is 5.91 Å². The zero-order valence-electron chi connectivity index (χ0n) is 16.0. The molecule has 0 spiro atoms. The minimum atomic E-state index is -0.265. The van der Waals surface area contributed by atoms with Crippen molar-refractivity contribution in [3.63, 3.8) is 0 Å². The number of aromatic nitrogens is 3. The Labute approximate surface area is 167 Å². The molecule has 2 N–H and O–H groups in total. The van der Waals surface area contributed by atoms with Gasteiger partial charge in [-0.3, -0.25) is 9.59 Å². The smallest absolute Gasteiger partial charge is 0.287 e. The molecule has 0 saturated carbocycles. The third-order valence-corrected chi connectivity index (χ3v) is 5.95. The average Bonchev–Trinajstić information content (AvgIpc) is 3.41. The van der Waals surface area contributed by atoms with Crippen LogP contribution in [0.15, 0.2) is 58.3 Å². The molecule has 3 atom stereocenters. The van der Waals surface area contributed by atoms with Crippen LogP contribution < -0.4 is 16.2 Å². The van der Waals surface area contributed by atoms with Gasteiger partial charge in [0, 0.05) is 49.7 Å². The lowest BCUT2D eigenvalue weighted by atomic mass is 9.79. The summed E-state index contributed by atoms with van der Waals surface area (Å²) in [6.07, 6.45) is 6.27. The molecule has 150 valence electrons. The van der Waals surface area contributed by atoms with Crippen molar-refractivity contribution in [1.82, 2.24) is 24.8 Å². The second kappa shape index (κ2) is 7.36. The van der Waals surface area contributed by atoms with Gasteiger partial charge in [-0.25, -0.2) is 4.98 Å². The van der Waals surface area contributed by atoms with E-state index in [0.29, 0.717) is 30.7 Å². The Kier molecular flexibility index (Phi) is 4.55. The Morgan fingerprint density at radius 3 is 3.07 bits per heavy atom. The molecule has 0 unspecified atom stereocenters. The molecule has 3 aromatic rings. The number of carbonyl (C=O) groups is 1. The third kappa shape index (κ3) is 3.40. The quantitative estimate of drug-likeness (QED) is 0.683. The van der Waals surface area contributed by atoms with Crippen molar-refractivity contribution in [1.29, 1.82) is 0 Å². The number of furan rings is 1. The van der Waals surface area contributed by atoms with Crippen LogP contribution in [0.2, 0.25) is 0 Å². The number of pyridine rings is 1. The summed E-state index contributed by atoms with van der Waals surface area (Å²) in [4.78, 5) is 29.2. The molecule has 8 heteroatoms. The molecule has 1 amide bonds. The Morgan fingerprint density at radius 1 is 1.28 bits per heavy atom. The average molecular weight is 393 g/mol. The van der Waals surface area contributed by atoms with Gasteiger partial charge in [0.25, 0.3) is 11.5 Å². The lowest BCUT2D eigenvalue weighted by Crippen LogP contribution is -2.50. The fourth-order valence-electron chi connectivity index (χ4n) is 4.60. The molecule has 29 heavy (non-hydrogen) atoms. The minimum Gasteiger partial charge on any atom is -0.454 e. The number of hydrogen-bond acceptors (Lipinski definition) is 5. The molecule has 0 radical (unpaired) electrons. The lowest BCUT2D eigenvalue weighted by Gasteiger charge is -2.43. The number of fused-ring (bicyclic) bond motifs is 4. The predicted octanol–water partition coefficient (Wildman–Crippen LogP) is 1.36. The number of nitrogens with zero attached hydrogens (tertiary/aromatic N) is 3. The molecule has 0 aromatic carbocycles. The Bertz CT molecular complexity index is 1070. The van der Waals surface area contributed by atoms with Gasteiger partial charge in [0.2, 0.25) is 0 Å². The number of hydrogen-bond donors (Lipinski definition) is 2. The normalized spacial score (nSPS) is 22.8. The van der Waals surface area contributed by atoms with E-state index < -0.39 is 0 Å². The Hall–Kier alpha value is -3.13. The van der Waals surface area contributed by atoms with E-state index >= 15 is 0 Å². The molecule has 5 heterocycles. The molecule has 2 bridgehead atoms. The molecular formula is C21H23N5O3. The largest absolute Gasteiger partial charge is 0.454 e. The molecule has 8 nitrogen and oxygen atoms in total. The summed E-state index contributed by atoms with van der Waals surface area (Å²) in [5.74, 6) is 1.36. The first kappa shape index (κ1) is 17.9. The van der Waals surface area contributed by atoms with Crippen LogP contribution >= 0.6 is 0 Å². The zero-order valence-corrected chi connectivity index (χ0v) is 16.0. The van der Waals surface area contributed by atoms with Crippen molar-refractivity contribution in [2.45, 2.75) is 24.9 Å². The lowest BCUT2D eigenvalue weighted by molar-refractivity contribution is 0.0902. The number of nitrogens with one attached hydrogen (secondary N) is 2. The van der Waals surface area contributed by atoms with Crippen molar-refractivity contribution < 1.29 is 9.21 Å². The molecule has 3 aromatic heterocycles. The highest BCUT2D eigenvalue weighted by Gasteiger charge is 2.37. The SMILES string of the molecule is O=C(NC[C@H]1[C@@H]2CNC[C@@H](C2)c2cccc(=O)n21)c1ccc(Cn2ccnc2)o1. The minimum absolute atomic E-state index is 0.000957. The van der Waals surface area contributed by atoms with Crippen LogP contribution in [-0.4, -0.2) is 39.7 Å². The van der Waals surface area contributed by atoms with Crippen LogP contribution in [0.5, 0.6) is 0 Å². The van der Waals surface area contributed by atoms with Gasteiger partial charge < -0.3 is 24.2 Å². The summed E-state index contributed by atoms with van der Waals surface area (Å²) < 4.78 is 9.45. The Morgan fingerprint density at radius 2 is 2.21 bits per heavy atom. The maximum atomic E-state index is 12.6. The highest BCUT2D eigenvalue weighted by Crippen LogP contribution is 2.38. The van der Waals surface area contributed by atoms with E-state index in [2.05, 4.69) is 15.6 Å². The molecule has 1 saturated heterocycles. The highest BCUT2D eigenvalue weighted by molar-refractivity contribution is 5.91. The maximum Gasteiger partial charge on any atom is 0.287 e. The summed E-state index contributed by atoms with van der Waals surface area (Å²) >= 11 is 0. The molecule has 2 aliphatic heterocycles. The van der Waals surface area contributed by atoms with Crippen LogP contribution in [0.1, 0.15) is 40.4 Å². The number of carbonyl (C=O) groups excluding carboxylic acids is 1. The van der Waals surface area contributed by atoms with E-state index in [1.807, 2.05) is 27.5 Å². The van der Waals surface area contributed by atoms with Gasteiger partial charge in [-0.1, -0.05) is 6.07 Å². The summed E-state index contributed by atoms with van der Waals surface area (Å²) in [6, 6.07) is 8.86. The number of amides is 1. The topological polar surface area (TPSA) is 94.1 Å². The summed E-state index contributed by atoms with van der Waals surface area (Å²) in [5.41, 5.74) is 1.06. The van der Waals surface area contributed by atoms with E-state index in [-0.39, 0.29) is 23.3 Å². The highest BCUT2D eigenvalue weighted by atomic mass is 16.4. The predicted molar refractivity (Wildman–Crippen MR) is 106 cm³/mol. The van der Waals surface area contributed by atoms with Gasteiger partial charge in [-0.15, -0.1) is 0 Å². The first-order valence-electron chi connectivity index (χ1n) is 9.94. The molecule has 2 aliphatic rings. The van der Waals surface area contributed by atoms with Crippen molar-refractivity contribution in [2.75, 3.05) is 19.6 Å². The maximum absolute atomic E-state index is 12.6. The zero-order chi connectivity index (χ0) is 19.8. The summed E-state index contributed by atoms with van der Waals surface area (Å²) in [6.45, 7) is 2.67. The van der Waals surface area contributed by atoms with Gasteiger partial charge in [0.05, 0.1) is 18.9 Å². The number of imidazole rings is 1. The standard InChI is InChI=1S/C21H23N5O3/c27-20-3-1-2-17-14-8-15(10-23-9-14)18(26(17)20)11-24-21(28)19-5-4-16(29-19)12-25-7-6-22-13-25/h1-7,13-15,18,23H,8-12H2,(H,24,28)/t14-,15+,18+/m1/s1. The van der Waals surface area contributed by atoms with Crippen LogP contribution in [0.25, 0.3) is 0 Å². The summed E-state index contributed by atoms with van der Waals surface area (Å²) in [7, 11) is 0. The van der Waals surface area contributed by atoms with Gasteiger partial charge in [0.15, 0.2) is 5.76 Å². The fourth-order valence-corrected chi connectivity index (χ4v) is 4.60. The van der Waals surface area contributed by atoms with Crippen LogP contribution in [0.4, 0.5) is 0 Å². The number of piperidine rings is 1. The first-order valence-corrected chi connectivity index (χ1v) is 9.94. The second-order valence-electron chi connectivity index (χ2n) is 7.79. The second-order valence-corrected chi connectivity index (χ2v) is 7.79. The van der Waals surface area contributed by atoms with Gasteiger partial charge in [-0.2, -0.15) is 0 Å². The van der Waals surface area contributed by atoms with Gasteiger partial charge >= 0.3 is 0 Å². The van der Waals surface area contributed by atoms with E-state index in [1.54, 1.807) is 30.7 Å². The number of rotatable bonds is 5.